The molecule has 0 bridgehead atoms. The van der Waals surface area contributed by atoms with Crippen LogP contribution in [0, 0.1) is 4.91 Å². The van der Waals surface area contributed by atoms with Crippen LogP contribution in [0.5, 0.6) is 0 Å². The maximum atomic E-state index is 10.3. The summed E-state index contributed by atoms with van der Waals surface area (Å²) in [6, 6.07) is 0. The Bertz CT molecular complexity index is 110. The van der Waals surface area contributed by atoms with Crippen molar-refractivity contribution in [3.8, 4) is 0 Å². The average molecular weight is 116 g/mol. The predicted octanol–water partition coefficient (Wildman–Crippen LogP) is 1.33. The molecule has 0 radical (unpaired) electrons. The van der Waals surface area contributed by atoms with Crippen molar-refractivity contribution in [2.24, 2.45) is 0 Å². The standard InChI is InChI=1S/C4H6NOS/c6-5-3-1-2-4-7-5/h2,4H,1,3H2/q+1. The van der Waals surface area contributed by atoms with Gasteiger partial charge in [-0.25, -0.2) is 0 Å². The van der Waals surface area contributed by atoms with E-state index in [-0.39, 0.29) is 0 Å². The second-order valence-corrected chi connectivity index (χ2v) is 2.21. The van der Waals surface area contributed by atoms with Crippen molar-refractivity contribution < 1.29 is 4.17 Å². The first-order chi connectivity index (χ1) is 3.39. The lowest BCUT2D eigenvalue weighted by molar-refractivity contribution is -0.370. The largest absolute Gasteiger partial charge is 0.242 e. The first-order valence-corrected chi connectivity index (χ1v) is 3.00. The Morgan fingerprint density at radius 3 is 2.86 bits per heavy atom. The van der Waals surface area contributed by atoms with Gasteiger partial charge in [0.25, 0.3) is 0 Å². The van der Waals surface area contributed by atoms with Crippen LogP contribution in [-0.4, -0.2) is 10.7 Å². The highest BCUT2D eigenvalue weighted by Crippen LogP contribution is 2.09. The Kier molecular flexibility index (Phi) is 1.46. The van der Waals surface area contributed by atoms with Crippen molar-refractivity contribution in [3.05, 3.63) is 16.4 Å². The molecule has 1 aliphatic heterocycles. The van der Waals surface area contributed by atoms with E-state index in [1.807, 2.05) is 11.5 Å². The maximum absolute atomic E-state index is 10.3. The summed E-state index contributed by atoms with van der Waals surface area (Å²) in [6.07, 6.45) is 2.90. The first kappa shape index (κ1) is 4.84. The zero-order chi connectivity index (χ0) is 5.11. The van der Waals surface area contributed by atoms with Gasteiger partial charge in [-0.15, -0.1) is 0 Å². The molecule has 0 aromatic heterocycles. The molecular weight excluding hydrogens is 110 g/mol. The Hall–Kier alpha value is -0.310. The third kappa shape index (κ3) is 1.31. The van der Waals surface area contributed by atoms with E-state index >= 15 is 0 Å². The molecule has 1 heterocycles. The van der Waals surface area contributed by atoms with Crippen LogP contribution in [0.3, 0.4) is 0 Å². The van der Waals surface area contributed by atoms with Gasteiger partial charge in [0.15, 0.2) is 0 Å². The Morgan fingerprint density at radius 1 is 1.71 bits per heavy atom. The van der Waals surface area contributed by atoms with E-state index in [2.05, 4.69) is 0 Å². The minimum Gasteiger partial charge on any atom is -0.0655 e. The van der Waals surface area contributed by atoms with Crippen LogP contribution < -0.4 is 0 Å². The van der Waals surface area contributed by atoms with E-state index in [0.717, 1.165) is 10.6 Å². The molecule has 7 heavy (non-hydrogen) atoms. The molecule has 38 valence electrons. The molecule has 0 saturated carbocycles. The molecule has 0 amide bonds. The van der Waals surface area contributed by atoms with Crippen molar-refractivity contribution in [1.29, 1.82) is 0 Å². The molecule has 0 aliphatic carbocycles. The summed E-state index contributed by atoms with van der Waals surface area (Å²) in [5.41, 5.74) is 0. The van der Waals surface area contributed by atoms with Crippen molar-refractivity contribution in [3.63, 3.8) is 0 Å². The summed E-state index contributed by atoms with van der Waals surface area (Å²) in [5, 5.41) is 1.82. The third-order valence-electron chi connectivity index (χ3n) is 0.753. The van der Waals surface area contributed by atoms with Crippen LogP contribution >= 0.6 is 11.9 Å². The molecule has 0 atom stereocenters. The van der Waals surface area contributed by atoms with E-state index in [9.17, 15) is 4.91 Å². The molecule has 0 spiro atoms. The van der Waals surface area contributed by atoms with Gasteiger partial charge < -0.3 is 0 Å². The molecule has 3 heteroatoms. The molecule has 0 fully saturated rings. The van der Waals surface area contributed by atoms with Crippen LogP contribution in [0.1, 0.15) is 6.42 Å². The molecule has 1 aliphatic rings. The predicted molar refractivity (Wildman–Crippen MR) is 29.8 cm³/mol. The van der Waals surface area contributed by atoms with Crippen LogP contribution in [-0.2, 0) is 0 Å². The number of nitroso groups, excluding NO2 is 1. The van der Waals surface area contributed by atoms with Gasteiger partial charge >= 0.3 is 0 Å². The van der Waals surface area contributed by atoms with Gasteiger partial charge in [-0.1, -0.05) is 6.08 Å². The molecule has 0 unspecified atom stereocenters. The molecule has 0 aromatic carbocycles. The van der Waals surface area contributed by atoms with E-state index in [0.29, 0.717) is 6.54 Å². The fraction of sp³-hybridized carbons (Fsp3) is 0.500. The fourth-order valence-electron chi connectivity index (χ4n) is 0.412. The highest BCUT2D eigenvalue weighted by molar-refractivity contribution is 7.96. The Morgan fingerprint density at radius 2 is 2.57 bits per heavy atom. The molecule has 0 aromatic rings. The van der Waals surface area contributed by atoms with Gasteiger partial charge in [-0.3, -0.25) is 0 Å². The van der Waals surface area contributed by atoms with Gasteiger partial charge in [0.05, 0.1) is 4.17 Å². The zero-order valence-electron chi connectivity index (χ0n) is 3.83. The summed E-state index contributed by atoms with van der Waals surface area (Å²) < 4.78 is 0.972. The lowest BCUT2D eigenvalue weighted by atomic mass is 10.4. The number of hydrogen-bond acceptors (Lipinski definition) is 2. The lowest BCUT2D eigenvalue weighted by Crippen LogP contribution is -2.00. The second-order valence-electron chi connectivity index (χ2n) is 1.32. The second kappa shape index (κ2) is 2.12. The number of nitrogens with zero attached hydrogens (tertiary/aromatic N) is 1. The monoisotopic (exact) mass is 116 g/mol. The quantitative estimate of drug-likeness (QED) is 0.351. The molecular formula is C4H6NOS+. The van der Waals surface area contributed by atoms with Crippen LogP contribution in [0.25, 0.3) is 0 Å². The van der Waals surface area contributed by atoms with E-state index in [1.165, 1.54) is 11.9 Å². The topological polar surface area (TPSA) is 20.1 Å². The van der Waals surface area contributed by atoms with Crippen LogP contribution in [0.15, 0.2) is 11.5 Å². The summed E-state index contributed by atoms with van der Waals surface area (Å²) >= 11 is 1.22. The van der Waals surface area contributed by atoms with Gasteiger partial charge in [0.1, 0.15) is 0 Å². The SMILES string of the molecule is O=[N+]1CCC=CS1. The number of hydrogen-bond donors (Lipinski definition) is 0. The van der Waals surface area contributed by atoms with Gasteiger partial charge in [0.2, 0.25) is 18.5 Å². The Labute approximate surface area is 46.3 Å². The average Bonchev–Trinajstić information content (AvgIpc) is 1.69. The molecule has 0 saturated heterocycles. The fourth-order valence-corrected chi connectivity index (χ4v) is 0.980. The normalized spacial score (nSPS) is 20.3. The molecule has 0 N–H and O–H groups in total. The lowest BCUT2D eigenvalue weighted by Gasteiger charge is -1.87. The van der Waals surface area contributed by atoms with Crippen LogP contribution in [0.2, 0.25) is 0 Å². The smallest absolute Gasteiger partial charge is 0.0655 e. The summed E-state index contributed by atoms with van der Waals surface area (Å²) in [7, 11) is 0. The van der Waals surface area contributed by atoms with Crippen molar-refractivity contribution in [2.75, 3.05) is 6.54 Å². The van der Waals surface area contributed by atoms with Gasteiger partial charge in [-0.05, 0) is 0 Å². The van der Waals surface area contributed by atoms with Crippen molar-refractivity contribution in [1.82, 2.24) is 0 Å². The summed E-state index contributed by atoms with van der Waals surface area (Å²) in [5.74, 6) is 0. The molecule has 2 nitrogen and oxygen atoms in total. The first-order valence-electron chi connectivity index (χ1n) is 2.16. The Balaban J connectivity index is 2.47. The summed E-state index contributed by atoms with van der Waals surface area (Å²) in [4.78, 5) is 10.3. The highest BCUT2D eigenvalue weighted by atomic mass is 32.2. The van der Waals surface area contributed by atoms with E-state index in [1.54, 1.807) is 0 Å². The van der Waals surface area contributed by atoms with E-state index < -0.39 is 0 Å². The number of rotatable bonds is 0. The van der Waals surface area contributed by atoms with Crippen molar-refractivity contribution >= 4 is 11.9 Å². The van der Waals surface area contributed by atoms with Gasteiger partial charge in [0, 0.05) is 16.7 Å². The van der Waals surface area contributed by atoms with E-state index in [4.69, 9.17) is 0 Å². The highest BCUT2D eigenvalue weighted by Gasteiger charge is 2.09. The van der Waals surface area contributed by atoms with Gasteiger partial charge in [-0.2, -0.15) is 0 Å². The van der Waals surface area contributed by atoms with Crippen molar-refractivity contribution in [2.45, 2.75) is 6.42 Å². The molecule has 1 rings (SSSR count). The third-order valence-corrected chi connectivity index (χ3v) is 1.48. The maximum Gasteiger partial charge on any atom is 0.242 e. The zero-order valence-corrected chi connectivity index (χ0v) is 4.65. The summed E-state index contributed by atoms with van der Waals surface area (Å²) in [6.45, 7) is 0.640. The minimum absolute atomic E-state index is 0.640. The minimum atomic E-state index is 0.640. The van der Waals surface area contributed by atoms with Crippen LogP contribution in [0.4, 0.5) is 0 Å².